The number of likely N-dealkylation sites (N-methyl/N-ethyl adjacent to an activating group) is 1. The first-order chi connectivity index (χ1) is 13.6. The minimum absolute atomic E-state index is 0.243. The van der Waals surface area contributed by atoms with Crippen molar-refractivity contribution in [3.8, 4) is 0 Å². The van der Waals surface area contributed by atoms with Crippen LogP contribution in [-0.4, -0.2) is 53.1 Å². The van der Waals surface area contributed by atoms with Crippen molar-refractivity contribution < 1.29 is 19.2 Å². The van der Waals surface area contributed by atoms with E-state index in [-0.39, 0.29) is 11.3 Å². The van der Waals surface area contributed by atoms with Gasteiger partial charge in [-0.2, -0.15) is 0 Å². The van der Waals surface area contributed by atoms with Crippen LogP contribution in [0.15, 0.2) is 0 Å². The van der Waals surface area contributed by atoms with Crippen molar-refractivity contribution in [2.24, 2.45) is 16.9 Å². The largest absolute Gasteiger partial charge is 0.363 e. The third kappa shape index (κ3) is 6.26. The second-order valence-corrected chi connectivity index (χ2v) is 8.32. The van der Waals surface area contributed by atoms with Crippen LogP contribution in [0, 0.1) is 5.41 Å². The molecule has 8 heteroatoms. The second kappa shape index (κ2) is 11.3. The van der Waals surface area contributed by atoms with Gasteiger partial charge in [0.15, 0.2) is 0 Å². The van der Waals surface area contributed by atoms with E-state index in [9.17, 15) is 19.2 Å². The second-order valence-electron chi connectivity index (χ2n) is 8.32. The fourth-order valence-corrected chi connectivity index (χ4v) is 4.22. The lowest BCUT2D eigenvalue weighted by Gasteiger charge is -2.41. The summed E-state index contributed by atoms with van der Waals surface area (Å²) in [5.74, 6) is -2.60. The Hall–Kier alpha value is -1.96. The quantitative estimate of drug-likeness (QED) is 0.440. The van der Waals surface area contributed by atoms with Crippen molar-refractivity contribution >= 4 is 23.5 Å². The van der Waals surface area contributed by atoms with Crippen LogP contribution in [0.1, 0.15) is 79.1 Å². The Kier molecular flexibility index (Phi) is 9.76. The van der Waals surface area contributed by atoms with Crippen molar-refractivity contribution in [3.05, 3.63) is 0 Å². The lowest BCUT2D eigenvalue weighted by Crippen LogP contribution is -2.59. The van der Waals surface area contributed by atoms with E-state index in [0.29, 0.717) is 25.8 Å². The van der Waals surface area contributed by atoms with Gasteiger partial charge in [0.2, 0.25) is 17.6 Å². The summed E-state index contributed by atoms with van der Waals surface area (Å²) >= 11 is 0. The zero-order chi connectivity index (χ0) is 22.2. The molecule has 29 heavy (non-hydrogen) atoms. The van der Waals surface area contributed by atoms with Crippen LogP contribution >= 0.6 is 0 Å². The molecule has 1 rings (SSSR count). The molecule has 1 aliphatic carbocycles. The van der Waals surface area contributed by atoms with Gasteiger partial charge in [-0.3, -0.25) is 19.2 Å². The first-order valence-corrected chi connectivity index (χ1v) is 10.8. The molecule has 1 fully saturated rings. The Morgan fingerprint density at radius 1 is 1.07 bits per heavy atom. The minimum atomic E-state index is -1.08. The maximum atomic E-state index is 13.2. The number of nitrogens with two attached hydrogens (primary N) is 2. The third-order valence-corrected chi connectivity index (χ3v) is 6.16. The van der Waals surface area contributed by atoms with E-state index >= 15 is 0 Å². The SMILES string of the molecule is CCCC(NC(=O)[C@H](CC)N(CC)C(=O)[C@@H](N)C1(C)CCCCC1)C(=O)C(N)=O. The number of ketones is 1. The maximum absolute atomic E-state index is 13.2. The van der Waals surface area contributed by atoms with Crippen molar-refractivity contribution in [1.29, 1.82) is 0 Å². The highest BCUT2D eigenvalue weighted by molar-refractivity contribution is 6.37. The van der Waals surface area contributed by atoms with Crippen LogP contribution < -0.4 is 16.8 Å². The highest BCUT2D eigenvalue weighted by Gasteiger charge is 2.41. The van der Waals surface area contributed by atoms with Gasteiger partial charge in [-0.05, 0) is 38.0 Å². The monoisotopic (exact) mass is 410 g/mol. The number of primary amides is 1. The van der Waals surface area contributed by atoms with E-state index in [1.54, 1.807) is 6.92 Å². The number of amides is 3. The molecule has 1 unspecified atom stereocenters. The molecule has 0 aromatic carbocycles. The number of hydrogen-bond donors (Lipinski definition) is 3. The van der Waals surface area contributed by atoms with Crippen molar-refractivity contribution in [1.82, 2.24) is 10.2 Å². The van der Waals surface area contributed by atoms with E-state index in [2.05, 4.69) is 5.32 Å². The molecular weight excluding hydrogens is 372 g/mol. The Morgan fingerprint density at radius 2 is 1.66 bits per heavy atom. The van der Waals surface area contributed by atoms with Gasteiger partial charge in [-0.1, -0.05) is 46.5 Å². The zero-order valence-corrected chi connectivity index (χ0v) is 18.3. The summed E-state index contributed by atoms with van der Waals surface area (Å²) in [4.78, 5) is 50.9. The molecule has 0 bridgehead atoms. The molecular formula is C21H38N4O4. The van der Waals surface area contributed by atoms with Gasteiger partial charge in [0, 0.05) is 6.54 Å². The van der Waals surface area contributed by atoms with Crippen LogP contribution in [0.3, 0.4) is 0 Å². The van der Waals surface area contributed by atoms with Crippen LogP contribution in [-0.2, 0) is 19.2 Å². The molecule has 3 atom stereocenters. The number of nitrogens with zero attached hydrogens (tertiary/aromatic N) is 1. The number of carbonyl (C=O) groups is 4. The van der Waals surface area contributed by atoms with Gasteiger partial charge < -0.3 is 21.7 Å². The highest BCUT2D eigenvalue weighted by atomic mass is 16.2. The molecule has 0 aromatic heterocycles. The molecule has 0 spiro atoms. The van der Waals surface area contributed by atoms with E-state index in [4.69, 9.17) is 11.5 Å². The Morgan fingerprint density at radius 3 is 2.10 bits per heavy atom. The fourth-order valence-electron chi connectivity index (χ4n) is 4.22. The minimum Gasteiger partial charge on any atom is -0.363 e. The van der Waals surface area contributed by atoms with Crippen LogP contribution in [0.2, 0.25) is 0 Å². The van der Waals surface area contributed by atoms with Gasteiger partial charge in [-0.15, -0.1) is 0 Å². The summed E-state index contributed by atoms with van der Waals surface area (Å²) in [7, 11) is 0. The Labute approximate surface area is 174 Å². The van der Waals surface area contributed by atoms with Crippen LogP contribution in [0.5, 0.6) is 0 Å². The van der Waals surface area contributed by atoms with Crippen LogP contribution in [0.4, 0.5) is 0 Å². The lowest BCUT2D eigenvalue weighted by atomic mass is 9.70. The van der Waals surface area contributed by atoms with Gasteiger partial charge >= 0.3 is 0 Å². The van der Waals surface area contributed by atoms with Gasteiger partial charge in [0.25, 0.3) is 5.91 Å². The molecule has 5 N–H and O–H groups in total. The van der Waals surface area contributed by atoms with Gasteiger partial charge in [0.05, 0.1) is 12.1 Å². The lowest BCUT2D eigenvalue weighted by molar-refractivity contribution is -0.145. The predicted octanol–water partition coefficient (Wildman–Crippen LogP) is 1.25. The normalized spacial score (nSPS) is 18.9. The van der Waals surface area contributed by atoms with Crippen molar-refractivity contribution in [2.45, 2.75) is 97.2 Å². The van der Waals surface area contributed by atoms with E-state index in [1.165, 1.54) is 4.90 Å². The van der Waals surface area contributed by atoms with Crippen LogP contribution in [0.25, 0.3) is 0 Å². The molecule has 0 aliphatic heterocycles. The summed E-state index contributed by atoms with van der Waals surface area (Å²) in [6.45, 7) is 7.83. The van der Waals surface area contributed by atoms with Crippen molar-refractivity contribution in [2.75, 3.05) is 6.54 Å². The van der Waals surface area contributed by atoms with Gasteiger partial charge in [0.1, 0.15) is 6.04 Å². The molecule has 166 valence electrons. The molecule has 0 saturated heterocycles. The summed E-state index contributed by atoms with van der Waals surface area (Å²) in [5, 5.41) is 2.62. The summed E-state index contributed by atoms with van der Waals surface area (Å²) < 4.78 is 0. The van der Waals surface area contributed by atoms with E-state index in [1.807, 2.05) is 20.8 Å². The smallest absolute Gasteiger partial charge is 0.287 e. The number of Topliss-reactive ketones (excluding diaryl/α,β-unsaturated/α-hetero) is 1. The highest BCUT2D eigenvalue weighted by Crippen LogP contribution is 2.38. The molecule has 0 heterocycles. The Bertz CT molecular complexity index is 601. The molecule has 1 aliphatic rings. The van der Waals surface area contributed by atoms with E-state index in [0.717, 1.165) is 32.1 Å². The van der Waals surface area contributed by atoms with Gasteiger partial charge in [-0.25, -0.2) is 0 Å². The first kappa shape index (κ1) is 25.1. The molecule has 8 nitrogen and oxygen atoms in total. The molecule has 1 saturated carbocycles. The molecule has 0 aromatic rings. The Balaban J connectivity index is 2.98. The maximum Gasteiger partial charge on any atom is 0.287 e. The predicted molar refractivity (Wildman–Crippen MR) is 112 cm³/mol. The first-order valence-electron chi connectivity index (χ1n) is 10.8. The number of rotatable bonds is 11. The van der Waals surface area contributed by atoms with Crippen molar-refractivity contribution in [3.63, 3.8) is 0 Å². The third-order valence-electron chi connectivity index (χ3n) is 6.16. The number of carbonyl (C=O) groups excluding carboxylic acids is 4. The topological polar surface area (TPSA) is 136 Å². The molecule has 0 radical (unpaired) electrons. The summed E-state index contributed by atoms with van der Waals surface area (Å²) in [6.07, 6.45) is 6.32. The average molecular weight is 411 g/mol. The molecule has 3 amide bonds. The standard InChI is InChI=1S/C21H38N4O4/c1-5-11-14(16(26)18(23)27)24-19(28)15(6-2)25(7-3)20(29)17(22)21(4)12-9-8-10-13-21/h14-15,17H,5-13,22H2,1-4H3,(H2,23,27)(H,24,28)/t14?,15-,17+/m0/s1. The number of nitrogens with one attached hydrogen (secondary N) is 1. The number of hydrogen-bond acceptors (Lipinski definition) is 5. The summed E-state index contributed by atoms with van der Waals surface area (Å²) in [5.41, 5.74) is 11.2. The zero-order valence-electron chi connectivity index (χ0n) is 18.3. The summed E-state index contributed by atoms with van der Waals surface area (Å²) in [6, 6.07) is -2.41. The average Bonchev–Trinajstić information content (AvgIpc) is 2.70. The van der Waals surface area contributed by atoms with E-state index < -0.39 is 35.7 Å². The fraction of sp³-hybridized carbons (Fsp3) is 0.810.